The highest BCUT2D eigenvalue weighted by Gasteiger charge is 2.32. The first-order valence-electron chi connectivity index (χ1n) is 9.34. The normalized spacial score (nSPS) is 15.6. The molecule has 0 bridgehead atoms. The summed E-state index contributed by atoms with van der Waals surface area (Å²) in [5, 5.41) is 5.17. The van der Waals surface area contributed by atoms with E-state index in [1.54, 1.807) is 6.92 Å². The molecular weight excluding hydrogens is 396 g/mol. The van der Waals surface area contributed by atoms with Gasteiger partial charge in [0.05, 0.1) is 50.8 Å². The summed E-state index contributed by atoms with van der Waals surface area (Å²) in [5.41, 5.74) is 0.538. The summed E-state index contributed by atoms with van der Waals surface area (Å²) in [6, 6.07) is 1.85. The van der Waals surface area contributed by atoms with Gasteiger partial charge in [0.25, 0.3) is 0 Å². The number of urea groups is 1. The van der Waals surface area contributed by atoms with Crippen LogP contribution in [0.2, 0.25) is 0 Å². The Morgan fingerprint density at radius 2 is 1.60 bits per heavy atom. The number of rotatable bonds is 9. The molecule has 1 aliphatic heterocycles. The van der Waals surface area contributed by atoms with Gasteiger partial charge in [0, 0.05) is 0 Å². The van der Waals surface area contributed by atoms with Gasteiger partial charge in [-0.3, -0.25) is 0 Å². The SMILES string of the molecule is CCOC(=O)C1=C(COC(=O)c2cc(OC)c(OC)c(OC)c2)NC(=O)N[C@H]1CC. The van der Waals surface area contributed by atoms with E-state index in [0.717, 1.165) is 0 Å². The Kier molecular flexibility index (Phi) is 7.90. The molecule has 1 atom stereocenters. The number of ether oxygens (including phenoxy) is 5. The second-order valence-electron chi connectivity index (χ2n) is 6.16. The molecular formula is C20H26N2O8. The van der Waals surface area contributed by atoms with Gasteiger partial charge >= 0.3 is 18.0 Å². The first kappa shape index (κ1) is 22.9. The van der Waals surface area contributed by atoms with Gasteiger partial charge in [0.2, 0.25) is 5.75 Å². The Morgan fingerprint density at radius 1 is 0.967 bits per heavy atom. The molecule has 1 aliphatic rings. The highest BCUT2D eigenvalue weighted by Crippen LogP contribution is 2.38. The predicted octanol–water partition coefficient (Wildman–Crippen LogP) is 1.78. The monoisotopic (exact) mass is 422 g/mol. The number of hydrogen-bond acceptors (Lipinski definition) is 8. The lowest BCUT2D eigenvalue weighted by Gasteiger charge is -2.28. The minimum Gasteiger partial charge on any atom is -0.493 e. The fourth-order valence-corrected chi connectivity index (χ4v) is 3.00. The van der Waals surface area contributed by atoms with Crippen LogP contribution in [0.25, 0.3) is 0 Å². The quantitative estimate of drug-likeness (QED) is 0.578. The zero-order valence-electron chi connectivity index (χ0n) is 17.6. The minimum atomic E-state index is -0.703. The molecule has 2 N–H and O–H groups in total. The van der Waals surface area contributed by atoms with Gasteiger partial charge in [-0.2, -0.15) is 0 Å². The number of carbonyl (C=O) groups is 3. The molecule has 2 amide bonds. The lowest BCUT2D eigenvalue weighted by molar-refractivity contribution is -0.139. The molecule has 0 aromatic heterocycles. The van der Waals surface area contributed by atoms with Crippen molar-refractivity contribution in [3.63, 3.8) is 0 Å². The first-order valence-corrected chi connectivity index (χ1v) is 9.34. The Bertz CT molecular complexity index is 824. The van der Waals surface area contributed by atoms with Crippen molar-refractivity contribution in [1.82, 2.24) is 10.6 Å². The molecule has 0 unspecified atom stereocenters. The second-order valence-corrected chi connectivity index (χ2v) is 6.16. The molecule has 0 fully saturated rings. The van der Waals surface area contributed by atoms with Crippen LogP contribution in [-0.2, 0) is 14.3 Å². The molecule has 0 saturated carbocycles. The number of benzene rings is 1. The van der Waals surface area contributed by atoms with E-state index in [1.165, 1.54) is 33.5 Å². The van der Waals surface area contributed by atoms with Crippen LogP contribution < -0.4 is 24.8 Å². The molecule has 10 heteroatoms. The van der Waals surface area contributed by atoms with Crippen molar-refractivity contribution >= 4 is 18.0 Å². The average Bonchev–Trinajstić information content (AvgIpc) is 2.75. The largest absolute Gasteiger partial charge is 0.493 e. The summed E-state index contributed by atoms with van der Waals surface area (Å²) in [4.78, 5) is 36.9. The summed E-state index contributed by atoms with van der Waals surface area (Å²) in [6.45, 7) is 3.34. The lowest BCUT2D eigenvalue weighted by Crippen LogP contribution is -2.51. The molecule has 1 aromatic carbocycles. The number of carbonyl (C=O) groups excluding carboxylic acids is 3. The van der Waals surface area contributed by atoms with Gasteiger partial charge in [-0.15, -0.1) is 0 Å². The van der Waals surface area contributed by atoms with Crippen LogP contribution in [0.4, 0.5) is 4.79 Å². The van der Waals surface area contributed by atoms with E-state index in [1.807, 2.05) is 6.92 Å². The third-order valence-electron chi connectivity index (χ3n) is 4.39. The van der Waals surface area contributed by atoms with Crippen molar-refractivity contribution in [2.75, 3.05) is 34.5 Å². The topological polar surface area (TPSA) is 121 Å². The van der Waals surface area contributed by atoms with Crippen molar-refractivity contribution in [3.8, 4) is 17.2 Å². The van der Waals surface area contributed by atoms with Crippen LogP contribution in [0.1, 0.15) is 30.6 Å². The Morgan fingerprint density at radius 3 is 2.10 bits per heavy atom. The van der Waals surface area contributed by atoms with Gasteiger partial charge in [-0.05, 0) is 25.5 Å². The van der Waals surface area contributed by atoms with E-state index in [0.29, 0.717) is 12.2 Å². The standard InChI is InChI=1S/C20H26N2O8/c1-6-12-16(19(24)29-7-2)13(22-20(25)21-12)10-30-18(23)11-8-14(26-3)17(28-5)15(9-11)27-4/h8-9,12H,6-7,10H2,1-5H3,(H2,21,22,25)/t12-/m0/s1. The van der Waals surface area contributed by atoms with E-state index < -0.39 is 24.0 Å². The van der Waals surface area contributed by atoms with E-state index in [2.05, 4.69) is 10.6 Å². The maximum absolute atomic E-state index is 12.6. The number of nitrogens with one attached hydrogen (secondary N) is 2. The molecule has 0 radical (unpaired) electrons. The minimum absolute atomic E-state index is 0.148. The van der Waals surface area contributed by atoms with E-state index in [4.69, 9.17) is 23.7 Å². The maximum Gasteiger partial charge on any atom is 0.338 e. The van der Waals surface area contributed by atoms with Gasteiger partial charge in [-0.25, -0.2) is 14.4 Å². The summed E-state index contributed by atoms with van der Waals surface area (Å²) in [6.07, 6.45) is 0.464. The molecule has 0 aliphatic carbocycles. The summed E-state index contributed by atoms with van der Waals surface area (Å²) in [7, 11) is 4.31. The number of hydrogen-bond donors (Lipinski definition) is 2. The van der Waals surface area contributed by atoms with Crippen LogP contribution in [-0.4, -0.2) is 58.6 Å². The highest BCUT2D eigenvalue weighted by atomic mass is 16.5. The van der Waals surface area contributed by atoms with Gasteiger partial charge < -0.3 is 34.3 Å². The molecule has 2 rings (SSSR count). The predicted molar refractivity (Wildman–Crippen MR) is 106 cm³/mol. The number of methoxy groups -OCH3 is 3. The molecule has 30 heavy (non-hydrogen) atoms. The second kappa shape index (κ2) is 10.4. The van der Waals surface area contributed by atoms with Crippen molar-refractivity contribution in [1.29, 1.82) is 0 Å². The molecule has 164 valence electrons. The third-order valence-corrected chi connectivity index (χ3v) is 4.39. The first-order chi connectivity index (χ1) is 14.4. The van der Waals surface area contributed by atoms with Gasteiger partial charge in [0.15, 0.2) is 11.5 Å². The van der Waals surface area contributed by atoms with Crippen molar-refractivity contribution in [3.05, 3.63) is 29.0 Å². The summed E-state index contributed by atoms with van der Waals surface area (Å²) < 4.78 is 26.1. The Balaban J connectivity index is 2.30. The van der Waals surface area contributed by atoms with Crippen molar-refractivity contribution in [2.24, 2.45) is 0 Å². The van der Waals surface area contributed by atoms with E-state index in [9.17, 15) is 14.4 Å². The molecule has 0 saturated heterocycles. The zero-order chi connectivity index (χ0) is 22.3. The molecule has 1 heterocycles. The zero-order valence-corrected chi connectivity index (χ0v) is 17.6. The maximum atomic E-state index is 12.6. The molecule has 0 spiro atoms. The van der Waals surface area contributed by atoms with Crippen LogP contribution in [0, 0.1) is 0 Å². The molecule has 10 nitrogen and oxygen atoms in total. The lowest BCUT2D eigenvalue weighted by atomic mass is 10.0. The van der Waals surface area contributed by atoms with E-state index >= 15 is 0 Å². The number of esters is 2. The Hall–Kier alpha value is -3.43. The van der Waals surface area contributed by atoms with Crippen LogP contribution >= 0.6 is 0 Å². The van der Waals surface area contributed by atoms with Crippen molar-refractivity contribution in [2.45, 2.75) is 26.3 Å². The summed E-state index contributed by atoms with van der Waals surface area (Å²) in [5.74, 6) is -0.380. The highest BCUT2D eigenvalue weighted by molar-refractivity contribution is 5.95. The fraction of sp³-hybridized carbons (Fsp3) is 0.450. The molecule has 1 aromatic rings. The van der Waals surface area contributed by atoms with Gasteiger partial charge in [-0.1, -0.05) is 6.92 Å². The number of amides is 2. The van der Waals surface area contributed by atoms with Gasteiger partial charge in [0.1, 0.15) is 6.61 Å². The van der Waals surface area contributed by atoms with Crippen LogP contribution in [0.3, 0.4) is 0 Å². The fourth-order valence-electron chi connectivity index (χ4n) is 3.00. The average molecular weight is 422 g/mol. The third kappa shape index (κ3) is 4.94. The Labute approximate surface area is 174 Å². The summed E-state index contributed by atoms with van der Waals surface area (Å²) >= 11 is 0. The van der Waals surface area contributed by atoms with Crippen LogP contribution in [0.15, 0.2) is 23.4 Å². The van der Waals surface area contributed by atoms with Crippen LogP contribution in [0.5, 0.6) is 17.2 Å². The van der Waals surface area contributed by atoms with E-state index in [-0.39, 0.29) is 41.5 Å². The smallest absolute Gasteiger partial charge is 0.338 e. The van der Waals surface area contributed by atoms with Crippen molar-refractivity contribution < 1.29 is 38.1 Å².